The van der Waals surface area contributed by atoms with Gasteiger partial charge in [0.1, 0.15) is 23.7 Å². The molecule has 1 N–H and O–H groups in total. The molecular weight excluding hydrogens is 551 g/mol. The summed E-state index contributed by atoms with van der Waals surface area (Å²) in [5.74, 6) is 1.03. The highest BCUT2D eigenvalue weighted by atomic mass is 19.4. The first kappa shape index (κ1) is 27.2. The highest BCUT2D eigenvalue weighted by molar-refractivity contribution is 5.94. The van der Waals surface area contributed by atoms with E-state index in [9.17, 15) is 22.8 Å². The summed E-state index contributed by atoms with van der Waals surface area (Å²) in [5, 5.41) is 5.53. The monoisotopic (exact) mass is 577 g/mol. The maximum absolute atomic E-state index is 13.9. The molecule has 6 rings (SSSR count). The van der Waals surface area contributed by atoms with Crippen molar-refractivity contribution in [3.8, 4) is 5.75 Å². The molecule has 1 saturated heterocycles. The highest BCUT2D eigenvalue weighted by Gasteiger charge is 2.42. The number of piperazine rings is 1. The number of aromatic amines is 1. The van der Waals surface area contributed by atoms with E-state index in [1.165, 1.54) is 4.90 Å². The van der Waals surface area contributed by atoms with E-state index in [0.717, 1.165) is 23.1 Å². The number of anilines is 2. The number of H-pyrrole nitrogens is 1. The van der Waals surface area contributed by atoms with Gasteiger partial charge < -0.3 is 19.4 Å². The lowest BCUT2D eigenvalue weighted by Crippen LogP contribution is -2.49. The third-order valence-corrected chi connectivity index (χ3v) is 7.49. The topological polar surface area (TPSA) is 108 Å². The average Bonchev–Trinajstić information content (AvgIpc) is 3.38. The molecule has 2 aliphatic heterocycles. The maximum atomic E-state index is 13.9. The Morgan fingerprint density at radius 1 is 1.02 bits per heavy atom. The van der Waals surface area contributed by atoms with E-state index in [2.05, 4.69) is 20.0 Å². The van der Waals surface area contributed by atoms with E-state index in [0.29, 0.717) is 37.5 Å². The van der Waals surface area contributed by atoms with E-state index >= 15 is 0 Å². The first-order chi connectivity index (χ1) is 20.3. The predicted molar refractivity (Wildman–Crippen MR) is 147 cm³/mol. The van der Waals surface area contributed by atoms with Crippen LogP contribution in [0, 0.1) is 0 Å². The van der Waals surface area contributed by atoms with Gasteiger partial charge in [0.25, 0.3) is 11.5 Å². The van der Waals surface area contributed by atoms with Gasteiger partial charge in [-0.15, -0.1) is 0 Å². The van der Waals surface area contributed by atoms with Crippen LogP contribution in [0.1, 0.15) is 33.1 Å². The molecule has 0 aliphatic carbocycles. The molecule has 4 heterocycles. The lowest BCUT2D eigenvalue weighted by atomic mass is 10.1. The fourth-order valence-electron chi connectivity index (χ4n) is 5.45. The van der Waals surface area contributed by atoms with Crippen LogP contribution >= 0.6 is 0 Å². The van der Waals surface area contributed by atoms with Crippen molar-refractivity contribution in [3.05, 3.63) is 106 Å². The van der Waals surface area contributed by atoms with Crippen molar-refractivity contribution in [3.63, 3.8) is 0 Å². The Labute approximate surface area is 238 Å². The number of ether oxygens (including phenoxy) is 1. The molecule has 10 nitrogen and oxygen atoms in total. The molecule has 0 spiro atoms. The standard InChI is InChI=1S/C29H26F3N7O3/c30-29(31,32)26-23(15-35-36-27(26)40)39-17-20-4-1-2-7-22(20)24(39)18-42-21-6-3-5-19(14-21)28(41)38-12-10-37(11-13-38)25-16-33-8-9-34-25/h1-9,14-16,24H,10-13,17-18H2,(H,36,40). The number of nitrogens with zero attached hydrogens (tertiary/aromatic N) is 6. The number of nitrogens with one attached hydrogen (secondary N) is 1. The second-order valence-corrected chi connectivity index (χ2v) is 9.98. The molecule has 13 heteroatoms. The average molecular weight is 578 g/mol. The zero-order chi connectivity index (χ0) is 29.3. The van der Waals surface area contributed by atoms with Crippen molar-refractivity contribution >= 4 is 17.4 Å². The Bertz CT molecular complexity index is 1640. The van der Waals surface area contributed by atoms with Gasteiger partial charge in [0.15, 0.2) is 0 Å². The van der Waals surface area contributed by atoms with Crippen LogP contribution in [0.25, 0.3) is 0 Å². The number of alkyl halides is 3. The molecule has 1 fully saturated rings. The number of benzene rings is 2. The molecule has 0 saturated carbocycles. The Morgan fingerprint density at radius 2 is 1.83 bits per heavy atom. The van der Waals surface area contributed by atoms with E-state index in [-0.39, 0.29) is 24.7 Å². The Balaban J connectivity index is 1.18. The normalized spacial score (nSPS) is 16.8. The SMILES string of the molecule is O=C(c1cccc(OCC2c3ccccc3CN2c2cn[nH]c(=O)c2C(F)(F)F)c1)N1CCN(c2cnccn2)CC1. The lowest BCUT2D eigenvalue weighted by molar-refractivity contribution is -0.138. The van der Waals surface area contributed by atoms with Crippen molar-refractivity contribution in [2.24, 2.45) is 0 Å². The number of fused-ring (bicyclic) bond motifs is 1. The summed E-state index contributed by atoms with van der Waals surface area (Å²) in [4.78, 5) is 39.2. The van der Waals surface area contributed by atoms with Gasteiger partial charge in [-0.3, -0.25) is 14.6 Å². The van der Waals surface area contributed by atoms with Gasteiger partial charge >= 0.3 is 6.18 Å². The number of halogens is 3. The number of aromatic nitrogens is 4. The number of hydrogen-bond donors (Lipinski definition) is 1. The van der Waals surface area contributed by atoms with E-state index < -0.39 is 23.3 Å². The Morgan fingerprint density at radius 3 is 2.60 bits per heavy atom. The summed E-state index contributed by atoms with van der Waals surface area (Å²) in [6, 6.07) is 13.4. The zero-order valence-corrected chi connectivity index (χ0v) is 22.3. The second-order valence-electron chi connectivity index (χ2n) is 9.98. The number of hydrogen-bond acceptors (Lipinski definition) is 8. The van der Waals surface area contributed by atoms with Crippen molar-refractivity contribution in [2.75, 3.05) is 42.6 Å². The number of amides is 1. The van der Waals surface area contributed by atoms with Crippen LogP contribution < -0.4 is 20.1 Å². The molecule has 1 atom stereocenters. The summed E-state index contributed by atoms with van der Waals surface area (Å²) in [7, 11) is 0. The minimum absolute atomic E-state index is 0.0183. The molecular formula is C29H26F3N7O3. The quantitative estimate of drug-likeness (QED) is 0.370. The fourth-order valence-corrected chi connectivity index (χ4v) is 5.45. The Hall–Kier alpha value is -4.94. The second kappa shape index (κ2) is 11.1. The summed E-state index contributed by atoms with van der Waals surface area (Å²) >= 11 is 0. The van der Waals surface area contributed by atoms with Crippen LogP contribution in [0.15, 0.2) is 78.1 Å². The molecule has 1 amide bonds. The van der Waals surface area contributed by atoms with Gasteiger partial charge in [-0.2, -0.15) is 18.3 Å². The summed E-state index contributed by atoms with van der Waals surface area (Å²) in [5.41, 5.74) is -0.868. The van der Waals surface area contributed by atoms with Crippen LogP contribution in [0.2, 0.25) is 0 Å². The third-order valence-electron chi connectivity index (χ3n) is 7.49. The molecule has 0 bridgehead atoms. The van der Waals surface area contributed by atoms with Gasteiger partial charge in [-0.05, 0) is 29.3 Å². The molecule has 0 radical (unpaired) electrons. The zero-order valence-electron chi connectivity index (χ0n) is 22.3. The lowest BCUT2D eigenvalue weighted by Gasteiger charge is -2.35. The van der Waals surface area contributed by atoms with Gasteiger partial charge in [0.2, 0.25) is 0 Å². The molecule has 2 aromatic heterocycles. The molecule has 42 heavy (non-hydrogen) atoms. The summed E-state index contributed by atoms with van der Waals surface area (Å²) in [6.45, 7) is 2.40. The van der Waals surface area contributed by atoms with Gasteiger partial charge in [-0.25, -0.2) is 10.1 Å². The minimum atomic E-state index is -4.87. The van der Waals surface area contributed by atoms with Gasteiger partial charge in [-0.1, -0.05) is 30.3 Å². The number of carbonyl (C=O) groups excluding carboxylic acids is 1. The van der Waals surface area contributed by atoms with Gasteiger partial charge in [0, 0.05) is 50.7 Å². The van der Waals surface area contributed by atoms with Crippen LogP contribution in [0.3, 0.4) is 0 Å². The van der Waals surface area contributed by atoms with E-state index in [4.69, 9.17) is 4.74 Å². The molecule has 4 aromatic rings. The van der Waals surface area contributed by atoms with Crippen LogP contribution in [0.5, 0.6) is 5.75 Å². The smallest absolute Gasteiger partial charge is 0.423 e. The molecule has 1 unspecified atom stereocenters. The number of rotatable bonds is 6. The predicted octanol–water partition coefficient (Wildman–Crippen LogP) is 3.68. The van der Waals surface area contributed by atoms with Crippen molar-refractivity contribution in [1.82, 2.24) is 25.1 Å². The van der Waals surface area contributed by atoms with E-state index in [1.54, 1.807) is 53.8 Å². The van der Waals surface area contributed by atoms with Crippen molar-refractivity contribution < 1.29 is 22.7 Å². The largest absolute Gasteiger partial charge is 0.491 e. The van der Waals surface area contributed by atoms with Crippen molar-refractivity contribution in [1.29, 1.82) is 0 Å². The minimum Gasteiger partial charge on any atom is -0.491 e. The maximum Gasteiger partial charge on any atom is 0.423 e. The van der Waals surface area contributed by atoms with Gasteiger partial charge in [0.05, 0.1) is 24.1 Å². The van der Waals surface area contributed by atoms with Crippen molar-refractivity contribution in [2.45, 2.75) is 18.8 Å². The van der Waals surface area contributed by atoms with E-state index in [1.807, 2.05) is 23.3 Å². The first-order valence-electron chi connectivity index (χ1n) is 13.3. The molecule has 216 valence electrons. The highest BCUT2D eigenvalue weighted by Crippen LogP contribution is 2.42. The third kappa shape index (κ3) is 5.37. The summed E-state index contributed by atoms with van der Waals surface area (Å²) in [6.07, 6.45) is 1.08. The molecule has 2 aromatic carbocycles. The Kier molecular flexibility index (Phi) is 7.23. The summed E-state index contributed by atoms with van der Waals surface area (Å²) < 4.78 is 47.8. The first-order valence-corrected chi connectivity index (χ1v) is 13.3. The van der Waals surface area contributed by atoms with Crippen LogP contribution in [-0.2, 0) is 12.7 Å². The molecule has 2 aliphatic rings. The number of carbonyl (C=O) groups is 1. The fraction of sp³-hybridized carbons (Fsp3) is 0.276. The van der Waals surface area contributed by atoms with Crippen LogP contribution in [0.4, 0.5) is 24.7 Å². The van der Waals surface area contributed by atoms with Crippen LogP contribution in [-0.4, -0.2) is 63.8 Å².